The molecule has 2 fully saturated rings. The molecule has 82 valence electrons. The fraction of sp³-hybridized carbons (Fsp3) is 0.750. The zero-order valence-corrected chi connectivity index (χ0v) is 10.0. The first-order chi connectivity index (χ1) is 7.23. The van der Waals surface area contributed by atoms with Gasteiger partial charge < -0.3 is 5.73 Å². The highest BCUT2D eigenvalue weighted by Gasteiger charge is 2.45. The van der Waals surface area contributed by atoms with Gasteiger partial charge in [0.15, 0.2) is 0 Å². The van der Waals surface area contributed by atoms with Crippen LogP contribution in [0.5, 0.6) is 0 Å². The summed E-state index contributed by atoms with van der Waals surface area (Å²) in [6.07, 6.45) is 6.17. The molecule has 2 saturated carbocycles. The molecule has 0 atom stereocenters. The van der Waals surface area contributed by atoms with Crippen LogP contribution in [0.4, 0.5) is 0 Å². The molecule has 3 rings (SSSR count). The number of hydrogen-bond donors (Lipinski definition) is 1. The van der Waals surface area contributed by atoms with Crippen molar-refractivity contribution in [3.05, 3.63) is 16.1 Å². The molecule has 3 heteroatoms. The van der Waals surface area contributed by atoms with Gasteiger partial charge in [0.2, 0.25) is 0 Å². The Morgan fingerprint density at radius 2 is 2.27 bits per heavy atom. The average Bonchev–Trinajstić information content (AvgIpc) is 2.92. The number of aromatic nitrogens is 1. The SMILES string of the molecule is CCC1(c2nc(C3CC3)cs2)CC(N)C1. The van der Waals surface area contributed by atoms with Crippen molar-refractivity contribution in [3.8, 4) is 0 Å². The Morgan fingerprint density at radius 1 is 1.53 bits per heavy atom. The number of hydrogen-bond acceptors (Lipinski definition) is 3. The third kappa shape index (κ3) is 1.53. The van der Waals surface area contributed by atoms with E-state index < -0.39 is 0 Å². The van der Waals surface area contributed by atoms with Gasteiger partial charge in [-0.05, 0) is 32.1 Å². The molecule has 0 saturated heterocycles. The molecule has 0 aliphatic heterocycles. The van der Waals surface area contributed by atoms with Crippen molar-refractivity contribution in [1.29, 1.82) is 0 Å². The van der Waals surface area contributed by atoms with Crippen molar-refractivity contribution in [2.75, 3.05) is 0 Å². The van der Waals surface area contributed by atoms with E-state index >= 15 is 0 Å². The van der Waals surface area contributed by atoms with Gasteiger partial charge in [0.25, 0.3) is 0 Å². The minimum atomic E-state index is 0.344. The van der Waals surface area contributed by atoms with Crippen molar-refractivity contribution in [2.24, 2.45) is 5.73 Å². The quantitative estimate of drug-likeness (QED) is 0.854. The lowest BCUT2D eigenvalue weighted by Crippen LogP contribution is -2.48. The zero-order chi connectivity index (χ0) is 10.5. The van der Waals surface area contributed by atoms with E-state index in [1.54, 1.807) is 0 Å². The summed E-state index contributed by atoms with van der Waals surface area (Å²) >= 11 is 1.86. The highest BCUT2D eigenvalue weighted by Crippen LogP contribution is 2.48. The number of nitrogens with zero attached hydrogens (tertiary/aromatic N) is 1. The topological polar surface area (TPSA) is 38.9 Å². The first kappa shape index (κ1) is 9.79. The molecule has 1 aromatic rings. The van der Waals surface area contributed by atoms with Crippen LogP contribution >= 0.6 is 11.3 Å². The van der Waals surface area contributed by atoms with Crippen LogP contribution < -0.4 is 5.73 Å². The Morgan fingerprint density at radius 3 is 2.80 bits per heavy atom. The average molecular weight is 222 g/mol. The van der Waals surface area contributed by atoms with Gasteiger partial charge in [0.05, 0.1) is 10.7 Å². The smallest absolute Gasteiger partial charge is 0.0991 e. The summed E-state index contributed by atoms with van der Waals surface area (Å²) in [5.74, 6) is 0.789. The molecule has 2 aliphatic carbocycles. The van der Waals surface area contributed by atoms with Crippen molar-refractivity contribution in [1.82, 2.24) is 4.98 Å². The molecular formula is C12H18N2S. The molecule has 1 aromatic heterocycles. The van der Waals surface area contributed by atoms with E-state index in [2.05, 4.69) is 12.3 Å². The Balaban J connectivity index is 1.84. The first-order valence-electron chi connectivity index (χ1n) is 5.95. The van der Waals surface area contributed by atoms with Gasteiger partial charge in [0.1, 0.15) is 0 Å². The minimum absolute atomic E-state index is 0.344. The molecule has 0 amide bonds. The third-order valence-electron chi connectivity index (χ3n) is 3.95. The van der Waals surface area contributed by atoms with Crippen LogP contribution in [0.15, 0.2) is 5.38 Å². The van der Waals surface area contributed by atoms with E-state index in [1.807, 2.05) is 11.3 Å². The van der Waals surface area contributed by atoms with Crippen molar-refractivity contribution < 1.29 is 0 Å². The standard InChI is InChI=1S/C12H18N2S/c1-2-12(5-9(13)6-12)11-14-10(7-15-11)8-3-4-8/h7-9H,2-6,13H2,1H3. The van der Waals surface area contributed by atoms with Gasteiger partial charge in [-0.2, -0.15) is 0 Å². The summed E-state index contributed by atoms with van der Waals surface area (Å²) in [5.41, 5.74) is 7.62. The van der Waals surface area contributed by atoms with Crippen molar-refractivity contribution in [3.63, 3.8) is 0 Å². The van der Waals surface area contributed by atoms with Gasteiger partial charge >= 0.3 is 0 Å². The molecule has 1 heterocycles. The van der Waals surface area contributed by atoms with Gasteiger partial charge in [-0.15, -0.1) is 11.3 Å². The summed E-state index contributed by atoms with van der Waals surface area (Å²) in [4.78, 5) is 4.83. The van der Waals surface area contributed by atoms with Gasteiger partial charge in [-0.3, -0.25) is 0 Å². The Hall–Kier alpha value is -0.410. The second-order valence-corrected chi connectivity index (χ2v) is 6.01. The normalized spacial score (nSPS) is 35.2. The Labute approximate surface area is 94.9 Å². The predicted octanol–water partition coefficient (Wildman–Crippen LogP) is 2.79. The molecule has 15 heavy (non-hydrogen) atoms. The van der Waals surface area contributed by atoms with E-state index in [0.29, 0.717) is 11.5 Å². The largest absolute Gasteiger partial charge is 0.328 e. The molecule has 0 aromatic carbocycles. The van der Waals surface area contributed by atoms with E-state index in [0.717, 1.165) is 18.8 Å². The lowest BCUT2D eigenvalue weighted by molar-refractivity contribution is 0.195. The highest BCUT2D eigenvalue weighted by molar-refractivity contribution is 7.09. The third-order valence-corrected chi connectivity index (χ3v) is 5.06. The lowest BCUT2D eigenvalue weighted by Gasteiger charge is -2.44. The van der Waals surface area contributed by atoms with E-state index in [9.17, 15) is 0 Å². The lowest BCUT2D eigenvalue weighted by atomic mass is 9.64. The maximum atomic E-state index is 5.92. The van der Waals surface area contributed by atoms with Crippen molar-refractivity contribution in [2.45, 2.75) is 56.4 Å². The molecule has 0 spiro atoms. The zero-order valence-electron chi connectivity index (χ0n) is 9.20. The van der Waals surface area contributed by atoms with Crippen LogP contribution in [0.3, 0.4) is 0 Å². The molecule has 2 N–H and O–H groups in total. The Bertz CT molecular complexity index is 361. The Kier molecular flexibility index (Phi) is 2.15. The molecular weight excluding hydrogens is 204 g/mol. The van der Waals surface area contributed by atoms with E-state index in [1.165, 1.54) is 30.0 Å². The highest BCUT2D eigenvalue weighted by atomic mass is 32.1. The van der Waals surface area contributed by atoms with Gasteiger partial charge in [-0.1, -0.05) is 6.92 Å². The number of nitrogens with two attached hydrogens (primary N) is 1. The maximum Gasteiger partial charge on any atom is 0.0991 e. The van der Waals surface area contributed by atoms with Crippen LogP contribution in [0.2, 0.25) is 0 Å². The van der Waals surface area contributed by atoms with Crippen LogP contribution in [0, 0.1) is 0 Å². The number of thiazole rings is 1. The fourth-order valence-electron chi connectivity index (χ4n) is 2.65. The molecule has 0 bridgehead atoms. The number of rotatable bonds is 3. The predicted molar refractivity (Wildman–Crippen MR) is 63.3 cm³/mol. The second-order valence-electron chi connectivity index (χ2n) is 5.15. The summed E-state index contributed by atoms with van der Waals surface area (Å²) in [5, 5.41) is 3.63. The van der Waals surface area contributed by atoms with Crippen LogP contribution in [0.1, 0.15) is 55.6 Å². The summed E-state index contributed by atoms with van der Waals surface area (Å²) in [6, 6.07) is 0.415. The molecule has 0 radical (unpaired) electrons. The van der Waals surface area contributed by atoms with Crippen LogP contribution in [-0.4, -0.2) is 11.0 Å². The fourth-order valence-corrected chi connectivity index (χ4v) is 3.85. The van der Waals surface area contributed by atoms with Crippen LogP contribution in [-0.2, 0) is 5.41 Å². The molecule has 2 nitrogen and oxygen atoms in total. The first-order valence-corrected chi connectivity index (χ1v) is 6.83. The van der Waals surface area contributed by atoms with Gasteiger partial charge in [0, 0.05) is 22.8 Å². The van der Waals surface area contributed by atoms with Gasteiger partial charge in [-0.25, -0.2) is 4.98 Å². The molecule has 2 aliphatic rings. The summed E-state index contributed by atoms with van der Waals surface area (Å²) < 4.78 is 0. The summed E-state index contributed by atoms with van der Waals surface area (Å²) in [7, 11) is 0. The van der Waals surface area contributed by atoms with E-state index in [4.69, 9.17) is 10.7 Å². The summed E-state index contributed by atoms with van der Waals surface area (Å²) in [6.45, 7) is 2.27. The van der Waals surface area contributed by atoms with E-state index in [-0.39, 0.29) is 0 Å². The minimum Gasteiger partial charge on any atom is -0.328 e. The molecule has 0 unspecified atom stereocenters. The second kappa shape index (κ2) is 3.29. The van der Waals surface area contributed by atoms with Crippen LogP contribution in [0.25, 0.3) is 0 Å². The monoisotopic (exact) mass is 222 g/mol. The maximum absolute atomic E-state index is 5.92. The van der Waals surface area contributed by atoms with Crippen molar-refractivity contribution >= 4 is 11.3 Å².